The predicted octanol–water partition coefficient (Wildman–Crippen LogP) is 7.14. The van der Waals surface area contributed by atoms with E-state index in [4.69, 9.17) is 0 Å². The third-order valence-corrected chi connectivity index (χ3v) is 4.09. The molecule has 0 amide bonds. The highest BCUT2D eigenvalue weighted by atomic mass is 19.4. The van der Waals surface area contributed by atoms with Gasteiger partial charge in [-0.1, -0.05) is 0 Å². The molecule has 0 saturated heterocycles. The highest BCUT2D eigenvalue weighted by Gasteiger charge is 2.96. The van der Waals surface area contributed by atoms with Crippen LogP contribution in [0.15, 0.2) is 12.3 Å². The zero-order valence-electron chi connectivity index (χ0n) is 16.6. The van der Waals surface area contributed by atoms with Crippen molar-refractivity contribution < 1.29 is 92.9 Å². The Kier molecular flexibility index (Phi) is 8.77. The Balaban J connectivity index is 6.71. The highest BCUT2D eigenvalue weighted by Crippen LogP contribution is 2.65. The number of alkyl halides is 19. The second-order valence-electron chi connectivity index (χ2n) is 6.62. The third kappa shape index (κ3) is 4.76. The average Bonchev–Trinajstić information content (AvgIpc) is 2.65. The molecule has 0 atom stereocenters. The van der Waals surface area contributed by atoms with Gasteiger partial charge in [-0.15, -0.1) is 0 Å². The number of ether oxygens (including phenoxy) is 1. The van der Waals surface area contributed by atoms with Gasteiger partial charge in [0, 0.05) is 6.08 Å². The molecule has 0 rings (SSSR count). The number of hydrogen-bond donors (Lipinski definition) is 0. The van der Waals surface area contributed by atoms with E-state index in [1.54, 1.807) is 0 Å². The summed E-state index contributed by atoms with van der Waals surface area (Å²) < 4.78 is 253. The van der Waals surface area contributed by atoms with Gasteiger partial charge in [0.1, 0.15) is 0 Å². The van der Waals surface area contributed by atoms with E-state index in [9.17, 15) is 88.2 Å². The summed E-state index contributed by atoms with van der Waals surface area (Å²) in [5.74, 6) is -69.7. The summed E-state index contributed by atoms with van der Waals surface area (Å²) in [5, 5.41) is 0. The summed E-state index contributed by atoms with van der Waals surface area (Å²) in [5.41, 5.74) is 0. The minimum atomic E-state index is -8.99. The standard InChI is InChI=1S/C15H9F19O2/c1-2-36-4-3-6(35)5-7(16,17)8(18,19)9(20,21)10(22,23)11(24,25)12(26,27)13(28,29)14(30,31)15(32,33)34/h3-4H,2,5H2,1H3. The molecule has 0 aliphatic rings. The molecule has 0 aromatic carbocycles. The molecule has 0 aliphatic heterocycles. The lowest BCUT2D eigenvalue weighted by molar-refractivity contribution is -0.468. The molecule has 2 nitrogen and oxygen atoms in total. The first-order valence-corrected chi connectivity index (χ1v) is 8.36. The Morgan fingerprint density at radius 3 is 1.17 bits per heavy atom. The summed E-state index contributed by atoms with van der Waals surface area (Å²) in [6.07, 6.45) is -11.2. The van der Waals surface area contributed by atoms with Crippen LogP contribution >= 0.6 is 0 Å². The van der Waals surface area contributed by atoms with Crippen LogP contribution in [-0.2, 0) is 9.53 Å². The number of hydrogen-bond acceptors (Lipinski definition) is 2. The van der Waals surface area contributed by atoms with Crippen molar-refractivity contribution in [1.29, 1.82) is 0 Å². The molecule has 0 aromatic rings. The van der Waals surface area contributed by atoms with E-state index in [0.29, 0.717) is 0 Å². The second-order valence-corrected chi connectivity index (χ2v) is 6.62. The first-order valence-electron chi connectivity index (χ1n) is 8.36. The third-order valence-electron chi connectivity index (χ3n) is 4.09. The Morgan fingerprint density at radius 1 is 0.556 bits per heavy atom. The molecule has 0 saturated carbocycles. The van der Waals surface area contributed by atoms with E-state index in [-0.39, 0.29) is 18.9 Å². The van der Waals surface area contributed by atoms with Gasteiger partial charge in [0.15, 0.2) is 5.78 Å². The molecule has 21 heteroatoms. The number of rotatable bonds is 12. The molecule has 0 heterocycles. The smallest absolute Gasteiger partial charge is 0.460 e. The molecule has 0 radical (unpaired) electrons. The Morgan fingerprint density at radius 2 is 0.861 bits per heavy atom. The summed E-state index contributed by atoms with van der Waals surface area (Å²) in [4.78, 5) is 11.1. The topological polar surface area (TPSA) is 26.3 Å². The Bertz CT molecular complexity index is 823. The molecule has 0 fully saturated rings. The van der Waals surface area contributed by atoms with Crippen molar-refractivity contribution in [2.75, 3.05) is 6.61 Å². The van der Waals surface area contributed by atoms with E-state index in [1.165, 1.54) is 6.92 Å². The number of halogens is 19. The minimum Gasteiger partial charge on any atom is -0.501 e. The largest absolute Gasteiger partial charge is 0.501 e. The normalized spacial score (nSPS) is 16.0. The molecule has 214 valence electrons. The average molecular weight is 582 g/mol. The Hall–Kier alpha value is -2.12. The number of carbonyl (C=O) groups is 1. The van der Waals surface area contributed by atoms with Crippen molar-refractivity contribution in [3.8, 4) is 0 Å². The predicted molar refractivity (Wildman–Crippen MR) is 76.0 cm³/mol. The van der Waals surface area contributed by atoms with Crippen molar-refractivity contribution in [3.05, 3.63) is 12.3 Å². The molecule has 0 N–H and O–H groups in total. The van der Waals surface area contributed by atoms with E-state index >= 15 is 0 Å². The number of carbonyl (C=O) groups excluding carboxylic acids is 1. The maximum atomic E-state index is 13.6. The second kappa shape index (κ2) is 9.32. The van der Waals surface area contributed by atoms with Crippen LogP contribution in [0.25, 0.3) is 0 Å². The fraction of sp³-hybridized carbons (Fsp3) is 0.800. The van der Waals surface area contributed by atoms with Crippen LogP contribution in [0.5, 0.6) is 0 Å². The van der Waals surface area contributed by atoms with Gasteiger partial charge in [-0.3, -0.25) is 4.79 Å². The molecule has 0 aromatic heterocycles. The van der Waals surface area contributed by atoms with E-state index in [0.717, 1.165) is 0 Å². The van der Waals surface area contributed by atoms with E-state index in [2.05, 4.69) is 4.74 Å². The maximum absolute atomic E-state index is 13.6. The SMILES string of the molecule is CCOC=CC(=O)CC(F)(F)C(F)(F)C(F)(F)C(F)(F)C(F)(F)C(F)(F)C(F)(F)C(F)(F)C(F)(F)F. The lowest BCUT2D eigenvalue weighted by Crippen LogP contribution is -2.75. The van der Waals surface area contributed by atoms with Gasteiger partial charge in [0.05, 0.1) is 19.3 Å². The molecule has 0 spiro atoms. The van der Waals surface area contributed by atoms with Crippen molar-refractivity contribution in [3.63, 3.8) is 0 Å². The molecule has 0 bridgehead atoms. The van der Waals surface area contributed by atoms with Crippen molar-refractivity contribution in [1.82, 2.24) is 0 Å². The monoisotopic (exact) mass is 582 g/mol. The molecule has 0 aliphatic carbocycles. The molecule has 36 heavy (non-hydrogen) atoms. The van der Waals surface area contributed by atoms with Gasteiger partial charge < -0.3 is 4.74 Å². The summed E-state index contributed by atoms with van der Waals surface area (Å²) in [6.45, 7) is 0.867. The lowest BCUT2D eigenvalue weighted by atomic mass is 9.86. The first kappa shape index (κ1) is 33.9. The van der Waals surface area contributed by atoms with Crippen molar-refractivity contribution >= 4 is 5.78 Å². The van der Waals surface area contributed by atoms with Gasteiger partial charge in [0.2, 0.25) is 0 Å². The molecular formula is C15H9F19O2. The van der Waals surface area contributed by atoms with Gasteiger partial charge in [-0.25, -0.2) is 0 Å². The maximum Gasteiger partial charge on any atom is 0.460 e. The fourth-order valence-electron chi connectivity index (χ4n) is 2.00. The van der Waals surface area contributed by atoms with E-state index < -0.39 is 65.8 Å². The van der Waals surface area contributed by atoms with Crippen molar-refractivity contribution in [2.24, 2.45) is 0 Å². The van der Waals surface area contributed by atoms with Crippen LogP contribution in [0.2, 0.25) is 0 Å². The summed E-state index contributed by atoms with van der Waals surface area (Å²) in [7, 11) is 0. The van der Waals surface area contributed by atoms with Gasteiger partial charge in [0.25, 0.3) is 0 Å². The lowest BCUT2D eigenvalue weighted by Gasteiger charge is -2.43. The van der Waals surface area contributed by atoms with Gasteiger partial charge >= 0.3 is 53.6 Å². The van der Waals surface area contributed by atoms with Gasteiger partial charge in [-0.2, -0.15) is 83.4 Å². The summed E-state index contributed by atoms with van der Waals surface area (Å²) in [6, 6.07) is 0. The fourth-order valence-corrected chi connectivity index (χ4v) is 2.00. The zero-order chi connectivity index (χ0) is 29.6. The van der Waals surface area contributed by atoms with E-state index in [1.807, 2.05) is 0 Å². The quantitative estimate of drug-likeness (QED) is 0.139. The molecular weight excluding hydrogens is 573 g/mol. The van der Waals surface area contributed by atoms with Crippen LogP contribution in [0.3, 0.4) is 0 Å². The highest BCUT2D eigenvalue weighted by molar-refractivity contribution is 5.90. The van der Waals surface area contributed by atoms with Gasteiger partial charge in [-0.05, 0) is 6.92 Å². The minimum absolute atomic E-state index is 0.168. The summed E-state index contributed by atoms with van der Waals surface area (Å²) >= 11 is 0. The van der Waals surface area contributed by atoms with Crippen molar-refractivity contribution in [2.45, 2.75) is 66.9 Å². The number of allylic oxidation sites excluding steroid dienone is 1. The molecule has 0 unspecified atom stereocenters. The van der Waals surface area contributed by atoms with Crippen LogP contribution in [0.4, 0.5) is 83.4 Å². The Labute approximate surface area is 186 Å². The van der Waals surface area contributed by atoms with Crippen LogP contribution < -0.4 is 0 Å². The number of ketones is 1. The zero-order valence-corrected chi connectivity index (χ0v) is 16.6. The first-order chi connectivity index (χ1) is 15.5. The van der Waals surface area contributed by atoms with Crippen LogP contribution in [0, 0.1) is 0 Å². The van der Waals surface area contributed by atoms with Crippen LogP contribution in [-0.4, -0.2) is 65.9 Å². The van der Waals surface area contributed by atoms with Crippen LogP contribution in [0.1, 0.15) is 13.3 Å².